The molecule has 4 heterocycles. The van der Waals surface area contributed by atoms with E-state index in [1.807, 2.05) is 18.2 Å². The maximum absolute atomic E-state index is 13.4. The first-order chi connectivity index (χ1) is 20.9. The van der Waals surface area contributed by atoms with E-state index in [0.29, 0.717) is 17.9 Å². The third-order valence-corrected chi connectivity index (χ3v) is 8.32. The van der Waals surface area contributed by atoms with Crippen molar-refractivity contribution >= 4 is 46.9 Å². The normalized spacial score (nSPS) is 17.3. The molecule has 4 amide bonds. The van der Waals surface area contributed by atoms with Gasteiger partial charge in [-0.25, -0.2) is 19.7 Å². The van der Waals surface area contributed by atoms with Crippen molar-refractivity contribution in [2.75, 3.05) is 47.8 Å². The summed E-state index contributed by atoms with van der Waals surface area (Å²) in [4.78, 5) is 54.8. The number of hydrogen-bond donors (Lipinski definition) is 1. The van der Waals surface area contributed by atoms with Crippen LogP contribution < -0.4 is 15.1 Å². The molecule has 1 N–H and O–H groups in total. The third-order valence-electron chi connectivity index (χ3n) is 7.59. The maximum atomic E-state index is 13.4. The fraction of sp³-hybridized carbons (Fsp3) is 0.367. The van der Waals surface area contributed by atoms with E-state index in [4.69, 9.17) is 0 Å². The van der Waals surface area contributed by atoms with Gasteiger partial charge in [-0.2, -0.15) is 13.2 Å². The molecule has 0 atom stereocenters. The Hall–Kier alpha value is -4.17. The van der Waals surface area contributed by atoms with Crippen molar-refractivity contribution in [1.29, 1.82) is 0 Å². The summed E-state index contributed by atoms with van der Waals surface area (Å²) in [5, 5.41) is 2.82. The molecular weight excluding hydrogens is 595 g/mol. The van der Waals surface area contributed by atoms with Gasteiger partial charge in [0.15, 0.2) is 0 Å². The first kappa shape index (κ1) is 31.3. The largest absolute Gasteiger partial charge is 0.446 e. The summed E-state index contributed by atoms with van der Waals surface area (Å²) in [6.07, 6.45) is 3.59. The number of nitrogens with zero attached hydrogens (tertiary/aromatic N) is 6. The van der Waals surface area contributed by atoms with Crippen LogP contribution in [0.3, 0.4) is 0 Å². The number of aromatic nitrogens is 2. The van der Waals surface area contributed by atoms with E-state index in [9.17, 15) is 27.6 Å². The Balaban J connectivity index is 1.16. The highest BCUT2D eigenvalue weighted by Gasteiger charge is 2.51. The van der Waals surface area contributed by atoms with E-state index in [1.54, 1.807) is 32.2 Å². The van der Waals surface area contributed by atoms with Crippen molar-refractivity contribution in [3.63, 3.8) is 0 Å². The zero-order valence-electron chi connectivity index (χ0n) is 24.3. The topological polar surface area (TPSA) is 102 Å². The number of urea groups is 1. The number of piperazine rings is 1. The molecule has 0 aliphatic carbocycles. The molecule has 3 aromatic rings. The zero-order chi connectivity index (χ0) is 31.5. The van der Waals surface area contributed by atoms with Gasteiger partial charge in [-0.05, 0) is 79.7 Å². The van der Waals surface area contributed by atoms with Crippen LogP contribution >= 0.6 is 11.8 Å². The minimum absolute atomic E-state index is 0.0500. The van der Waals surface area contributed by atoms with Crippen LogP contribution in [0.4, 0.5) is 35.3 Å². The van der Waals surface area contributed by atoms with Gasteiger partial charge >= 0.3 is 11.5 Å². The number of alkyl halides is 3. The van der Waals surface area contributed by atoms with Crippen LogP contribution in [0.1, 0.15) is 25.8 Å². The second-order valence-corrected chi connectivity index (χ2v) is 12.1. The number of pyridine rings is 2. The molecule has 0 bridgehead atoms. The van der Waals surface area contributed by atoms with Gasteiger partial charge in [0.2, 0.25) is 5.91 Å². The lowest BCUT2D eigenvalue weighted by atomic mass is 10.0. The number of carbonyl (C=O) groups is 3. The predicted octanol–water partition coefficient (Wildman–Crippen LogP) is 4.99. The molecular formula is C30H32F3N7O3S. The van der Waals surface area contributed by atoms with Gasteiger partial charge in [0.1, 0.15) is 17.2 Å². The zero-order valence-corrected chi connectivity index (χ0v) is 25.1. The minimum Gasteiger partial charge on any atom is -0.354 e. The van der Waals surface area contributed by atoms with E-state index in [-0.39, 0.29) is 41.2 Å². The SMILES string of the molecule is CC1(C)C(=O)N(c2ccc(SC(F)(F)F)cc2)C(=O)N1Cc1ccnc(NC(=O)CCN2CCN(c3ccccn3)CC2)c1. The number of carbonyl (C=O) groups excluding carboxylic acids is 3. The van der Waals surface area contributed by atoms with Crippen LogP contribution in [0.25, 0.3) is 0 Å². The van der Waals surface area contributed by atoms with Crippen molar-refractivity contribution in [2.45, 2.75) is 42.8 Å². The van der Waals surface area contributed by atoms with Crippen LogP contribution in [-0.4, -0.2) is 81.4 Å². The summed E-state index contributed by atoms with van der Waals surface area (Å²) in [7, 11) is 0. The second-order valence-electron chi connectivity index (χ2n) is 11.0. The van der Waals surface area contributed by atoms with Crippen molar-refractivity contribution in [2.24, 2.45) is 0 Å². The van der Waals surface area contributed by atoms with Crippen molar-refractivity contribution < 1.29 is 27.6 Å². The van der Waals surface area contributed by atoms with Gasteiger partial charge in [-0.1, -0.05) is 6.07 Å². The lowest BCUT2D eigenvalue weighted by Gasteiger charge is -2.35. The monoisotopic (exact) mass is 627 g/mol. The van der Waals surface area contributed by atoms with Crippen LogP contribution in [0.5, 0.6) is 0 Å². The Kier molecular flexibility index (Phi) is 9.11. The quantitative estimate of drug-likeness (QED) is 0.262. The maximum Gasteiger partial charge on any atom is 0.446 e. The molecule has 14 heteroatoms. The fourth-order valence-corrected chi connectivity index (χ4v) is 5.69. The predicted molar refractivity (Wildman–Crippen MR) is 161 cm³/mol. The molecule has 5 rings (SSSR count). The number of anilines is 3. The highest BCUT2D eigenvalue weighted by molar-refractivity contribution is 8.00. The number of hydrogen-bond acceptors (Lipinski definition) is 8. The van der Waals surface area contributed by atoms with Crippen LogP contribution in [0.15, 0.2) is 71.9 Å². The molecule has 1 aromatic carbocycles. The van der Waals surface area contributed by atoms with Crippen molar-refractivity contribution in [1.82, 2.24) is 19.8 Å². The number of benzene rings is 1. The minimum atomic E-state index is -4.45. The summed E-state index contributed by atoms with van der Waals surface area (Å²) < 4.78 is 38.1. The van der Waals surface area contributed by atoms with Crippen LogP contribution in [0, 0.1) is 0 Å². The van der Waals surface area contributed by atoms with E-state index >= 15 is 0 Å². The molecule has 2 aliphatic heterocycles. The third kappa shape index (κ3) is 7.30. The average Bonchev–Trinajstić information content (AvgIpc) is 3.15. The Morgan fingerprint density at radius 3 is 2.36 bits per heavy atom. The summed E-state index contributed by atoms with van der Waals surface area (Å²) in [5.74, 6) is 0.595. The van der Waals surface area contributed by atoms with Crippen LogP contribution in [-0.2, 0) is 16.1 Å². The summed E-state index contributed by atoms with van der Waals surface area (Å²) in [6, 6.07) is 13.7. The number of halogens is 3. The van der Waals surface area contributed by atoms with Crippen molar-refractivity contribution in [3.8, 4) is 0 Å². The number of nitrogens with one attached hydrogen (secondary N) is 1. The number of thioether (sulfide) groups is 1. The Labute approximate surface area is 257 Å². The first-order valence-corrected chi connectivity index (χ1v) is 14.9. The average molecular weight is 628 g/mol. The highest BCUT2D eigenvalue weighted by atomic mass is 32.2. The molecule has 10 nitrogen and oxygen atoms in total. The molecule has 0 unspecified atom stereocenters. The molecule has 0 saturated carbocycles. The van der Waals surface area contributed by atoms with Crippen LogP contribution in [0.2, 0.25) is 0 Å². The Bertz CT molecular complexity index is 1500. The van der Waals surface area contributed by atoms with E-state index < -0.39 is 23.0 Å². The van der Waals surface area contributed by atoms with Gasteiger partial charge in [0, 0.05) is 63.0 Å². The molecule has 0 spiro atoms. The van der Waals surface area contributed by atoms with Gasteiger partial charge in [0.25, 0.3) is 5.91 Å². The first-order valence-electron chi connectivity index (χ1n) is 14.1. The van der Waals surface area contributed by atoms with Crippen molar-refractivity contribution in [3.05, 3.63) is 72.6 Å². The van der Waals surface area contributed by atoms with E-state index in [2.05, 4.69) is 25.1 Å². The molecule has 232 valence electrons. The lowest BCUT2D eigenvalue weighted by molar-refractivity contribution is -0.123. The van der Waals surface area contributed by atoms with Gasteiger partial charge in [-0.15, -0.1) is 0 Å². The van der Waals surface area contributed by atoms with E-state index in [1.165, 1.54) is 35.4 Å². The molecule has 2 aliphatic rings. The molecule has 2 fully saturated rings. The lowest BCUT2D eigenvalue weighted by Crippen LogP contribution is -2.47. The van der Waals surface area contributed by atoms with E-state index in [0.717, 1.165) is 36.9 Å². The fourth-order valence-electron chi connectivity index (χ4n) is 5.16. The van der Waals surface area contributed by atoms with Gasteiger partial charge < -0.3 is 15.1 Å². The number of imide groups is 1. The molecule has 0 radical (unpaired) electrons. The number of amides is 4. The molecule has 44 heavy (non-hydrogen) atoms. The summed E-state index contributed by atoms with van der Waals surface area (Å²) >= 11 is -0.270. The highest BCUT2D eigenvalue weighted by Crippen LogP contribution is 2.39. The standard InChI is InChI=1S/C30H32F3N7O3S/c1-29(2)27(42)40(22-6-8-23(9-7-22)44-30(31,32)33)28(43)39(29)20-21-10-13-34-24(19-21)36-26(41)11-14-37-15-17-38(18-16-37)25-5-3-4-12-35-25/h3-10,12-13,19H,11,14-18,20H2,1-2H3,(H,34,36,41). The summed E-state index contributed by atoms with van der Waals surface area (Å²) in [5.41, 5.74) is -4.83. The smallest absolute Gasteiger partial charge is 0.354 e. The van der Waals surface area contributed by atoms with Gasteiger partial charge in [0.05, 0.1) is 5.69 Å². The second kappa shape index (κ2) is 12.8. The Morgan fingerprint density at radius 1 is 0.977 bits per heavy atom. The Morgan fingerprint density at radius 2 is 1.70 bits per heavy atom. The number of rotatable bonds is 9. The summed E-state index contributed by atoms with van der Waals surface area (Å²) in [6.45, 7) is 7.19. The van der Waals surface area contributed by atoms with Gasteiger partial charge in [-0.3, -0.25) is 14.5 Å². The molecule has 2 aromatic heterocycles. The molecule has 2 saturated heterocycles.